The van der Waals surface area contributed by atoms with Gasteiger partial charge < -0.3 is 14.7 Å². The zero-order valence-corrected chi connectivity index (χ0v) is 17.8. The summed E-state index contributed by atoms with van der Waals surface area (Å²) in [5.74, 6) is -0.313. The Bertz CT molecular complexity index is 753. The van der Waals surface area contributed by atoms with Crippen LogP contribution in [0.2, 0.25) is 0 Å². The van der Waals surface area contributed by atoms with Crippen molar-refractivity contribution in [1.29, 1.82) is 0 Å². The largest absolute Gasteiger partial charge is 0.448 e. The van der Waals surface area contributed by atoms with E-state index in [1.165, 1.54) is 6.21 Å². The number of nitrogens with zero attached hydrogens (tertiary/aromatic N) is 2. The summed E-state index contributed by atoms with van der Waals surface area (Å²) >= 11 is 0. The van der Waals surface area contributed by atoms with Gasteiger partial charge in [0.05, 0.1) is 18.9 Å². The van der Waals surface area contributed by atoms with Gasteiger partial charge in [-0.1, -0.05) is 45.0 Å². The first-order chi connectivity index (χ1) is 14.3. The minimum absolute atomic E-state index is 0.0468. The summed E-state index contributed by atoms with van der Waals surface area (Å²) < 4.78 is 4.95. The molecule has 1 aromatic carbocycles. The number of ketones is 1. The average molecular weight is 418 g/mol. The minimum atomic E-state index is -0.617. The van der Waals surface area contributed by atoms with Crippen LogP contribution in [-0.2, 0) is 9.53 Å². The van der Waals surface area contributed by atoms with Crippen LogP contribution in [0, 0.1) is 11.8 Å². The van der Waals surface area contributed by atoms with Crippen LogP contribution in [0.25, 0.3) is 0 Å². The highest BCUT2D eigenvalue weighted by Gasteiger charge is 2.26. The van der Waals surface area contributed by atoms with Gasteiger partial charge in [0, 0.05) is 31.0 Å². The Morgan fingerprint density at radius 1 is 1.20 bits per heavy atom. The van der Waals surface area contributed by atoms with Crippen molar-refractivity contribution in [3.8, 4) is 0 Å². The lowest BCUT2D eigenvalue weighted by Crippen LogP contribution is -2.42. The Labute approximate surface area is 177 Å². The fourth-order valence-corrected chi connectivity index (χ4v) is 3.07. The van der Waals surface area contributed by atoms with Crippen LogP contribution in [0.3, 0.4) is 0 Å². The third kappa shape index (κ3) is 7.59. The number of aliphatic hydroxyl groups is 1. The maximum Gasteiger partial charge on any atom is 0.427 e. The van der Waals surface area contributed by atoms with Gasteiger partial charge in [-0.05, 0) is 24.3 Å². The smallest absolute Gasteiger partial charge is 0.427 e. The van der Waals surface area contributed by atoms with Gasteiger partial charge in [-0.15, -0.1) is 0 Å². The molecule has 1 fully saturated rings. The molecule has 30 heavy (non-hydrogen) atoms. The number of Topliss-reactive ketones (excluding diaryl/α,β-unsaturated/α-hetero) is 1. The molecule has 1 heterocycles. The first-order valence-corrected chi connectivity index (χ1v) is 10.3. The molecule has 1 aliphatic rings. The summed E-state index contributed by atoms with van der Waals surface area (Å²) in [6.07, 6.45) is 1.80. The summed E-state index contributed by atoms with van der Waals surface area (Å²) in [4.78, 5) is 38.2. The van der Waals surface area contributed by atoms with E-state index in [1.54, 1.807) is 36.1 Å². The van der Waals surface area contributed by atoms with Crippen LogP contribution in [0.5, 0.6) is 0 Å². The van der Waals surface area contributed by atoms with Crippen LogP contribution in [0.1, 0.15) is 56.0 Å². The van der Waals surface area contributed by atoms with Crippen molar-refractivity contribution in [3.63, 3.8) is 0 Å². The number of rotatable bonds is 8. The van der Waals surface area contributed by atoms with E-state index in [2.05, 4.69) is 10.5 Å². The second kappa shape index (κ2) is 11.4. The topological polar surface area (TPSA) is 108 Å². The first-order valence-electron chi connectivity index (χ1n) is 10.3. The number of likely N-dealkylation sites (tertiary alicyclic amines) is 1. The molecule has 0 radical (unpaired) electrons. The number of ether oxygens (including phenoxy) is 1. The average Bonchev–Trinajstić information content (AvgIpc) is 2.72. The summed E-state index contributed by atoms with van der Waals surface area (Å²) in [6, 6.07) is 6.79. The number of benzene rings is 1. The molecule has 0 saturated carbocycles. The molecule has 164 valence electrons. The Hall–Kier alpha value is -2.74. The Morgan fingerprint density at radius 3 is 2.43 bits per heavy atom. The predicted octanol–water partition coefficient (Wildman–Crippen LogP) is 2.59. The molecule has 1 unspecified atom stereocenters. The lowest BCUT2D eigenvalue weighted by molar-refractivity contribution is -0.136. The van der Waals surface area contributed by atoms with Gasteiger partial charge in [0.15, 0.2) is 5.78 Å². The Morgan fingerprint density at radius 2 is 1.83 bits per heavy atom. The quantitative estimate of drug-likeness (QED) is 0.384. The molecule has 8 nitrogen and oxygen atoms in total. The number of hydrogen-bond acceptors (Lipinski definition) is 6. The molecule has 8 heteroatoms. The lowest BCUT2D eigenvalue weighted by atomic mass is 9.97. The second-order valence-corrected chi connectivity index (χ2v) is 8.07. The van der Waals surface area contributed by atoms with E-state index in [0.717, 1.165) is 0 Å². The summed E-state index contributed by atoms with van der Waals surface area (Å²) in [5, 5.41) is 13.4. The molecule has 1 aliphatic heterocycles. The van der Waals surface area contributed by atoms with E-state index in [-0.39, 0.29) is 30.1 Å². The van der Waals surface area contributed by atoms with Gasteiger partial charge in [-0.3, -0.25) is 9.59 Å². The standard InChI is InChI=1S/C22H31N3O5/c1-15(2)14-30-22(29)24-23-13-17-4-6-18(7-5-17)20(27)12-16(3)21(28)25-10-8-19(26)9-11-25/h4-7,13,15-16,19,26H,8-12,14H2,1-3H3,(H,24,29). The maximum atomic E-state index is 12.5. The van der Waals surface area contributed by atoms with Crippen LogP contribution >= 0.6 is 0 Å². The zero-order valence-electron chi connectivity index (χ0n) is 17.8. The molecule has 2 rings (SSSR count). The van der Waals surface area contributed by atoms with E-state index in [9.17, 15) is 19.5 Å². The van der Waals surface area contributed by atoms with Crippen molar-refractivity contribution in [3.05, 3.63) is 35.4 Å². The van der Waals surface area contributed by atoms with Crippen LogP contribution in [0.15, 0.2) is 29.4 Å². The summed E-state index contributed by atoms with van der Waals surface area (Å²) in [5.41, 5.74) is 3.51. The van der Waals surface area contributed by atoms with E-state index in [0.29, 0.717) is 43.7 Å². The van der Waals surface area contributed by atoms with Gasteiger partial charge in [-0.2, -0.15) is 5.10 Å². The van der Waals surface area contributed by atoms with Crippen LogP contribution in [0.4, 0.5) is 4.79 Å². The van der Waals surface area contributed by atoms with Crippen molar-refractivity contribution < 1.29 is 24.2 Å². The second-order valence-electron chi connectivity index (χ2n) is 8.07. The molecule has 1 saturated heterocycles. The number of nitrogens with one attached hydrogen (secondary N) is 1. The van der Waals surface area contributed by atoms with E-state index < -0.39 is 12.0 Å². The number of hydrazone groups is 1. The van der Waals surface area contributed by atoms with Crippen molar-refractivity contribution in [1.82, 2.24) is 10.3 Å². The molecule has 2 amide bonds. The van der Waals surface area contributed by atoms with Crippen molar-refractivity contribution in [2.45, 2.75) is 46.1 Å². The monoisotopic (exact) mass is 417 g/mol. The Kier molecular flexibility index (Phi) is 8.98. The number of piperidine rings is 1. The highest BCUT2D eigenvalue weighted by atomic mass is 16.6. The number of carbonyl (C=O) groups is 3. The first kappa shape index (κ1) is 23.5. The molecule has 0 aromatic heterocycles. The maximum absolute atomic E-state index is 12.5. The third-order valence-electron chi connectivity index (χ3n) is 4.84. The normalized spacial score (nSPS) is 16.0. The highest BCUT2D eigenvalue weighted by Crippen LogP contribution is 2.17. The molecular formula is C22H31N3O5. The molecule has 1 atom stereocenters. The van der Waals surface area contributed by atoms with Crippen LogP contribution < -0.4 is 5.43 Å². The van der Waals surface area contributed by atoms with Gasteiger partial charge >= 0.3 is 6.09 Å². The highest BCUT2D eigenvalue weighted by molar-refractivity contribution is 5.99. The summed E-state index contributed by atoms with van der Waals surface area (Å²) in [7, 11) is 0. The van der Waals surface area contributed by atoms with Gasteiger partial charge in [-0.25, -0.2) is 10.2 Å². The molecule has 0 bridgehead atoms. The Balaban J connectivity index is 1.82. The van der Waals surface area contributed by atoms with Crippen LogP contribution in [-0.4, -0.2) is 59.8 Å². The van der Waals surface area contributed by atoms with Crippen molar-refractivity contribution >= 4 is 24.0 Å². The molecule has 1 aromatic rings. The zero-order chi connectivity index (χ0) is 22.1. The van der Waals surface area contributed by atoms with Crippen molar-refractivity contribution in [2.75, 3.05) is 19.7 Å². The molecule has 2 N–H and O–H groups in total. The SMILES string of the molecule is CC(C)COC(=O)NN=Cc1ccc(C(=O)CC(C)C(=O)N2CCC(O)CC2)cc1. The minimum Gasteiger partial charge on any atom is -0.448 e. The van der Waals surface area contributed by atoms with E-state index in [1.807, 2.05) is 13.8 Å². The van der Waals surface area contributed by atoms with Crippen molar-refractivity contribution in [2.24, 2.45) is 16.9 Å². The number of carbonyl (C=O) groups excluding carboxylic acids is 3. The van der Waals surface area contributed by atoms with E-state index in [4.69, 9.17) is 4.74 Å². The molecular weight excluding hydrogens is 386 g/mol. The van der Waals surface area contributed by atoms with Gasteiger partial charge in [0.2, 0.25) is 5.91 Å². The fourth-order valence-electron chi connectivity index (χ4n) is 3.07. The van der Waals surface area contributed by atoms with E-state index >= 15 is 0 Å². The predicted molar refractivity (Wildman–Crippen MR) is 113 cm³/mol. The molecule has 0 aliphatic carbocycles. The lowest BCUT2D eigenvalue weighted by Gasteiger charge is -2.31. The number of aliphatic hydroxyl groups excluding tert-OH is 1. The number of amides is 2. The third-order valence-corrected chi connectivity index (χ3v) is 4.84. The fraction of sp³-hybridized carbons (Fsp3) is 0.545. The molecule has 0 spiro atoms. The van der Waals surface area contributed by atoms with Gasteiger partial charge in [0.25, 0.3) is 0 Å². The summed E-state index contributed by atoms with van der Waals surface area (Å²) in [6.45, 7) is 7.02. The number of hydrogen-bond donors (Lipinski definition) is 2. The van der Waals surface area contributed by atoms with Gasteiger partial charge in [0.1, 0.15) is 0 Å².